The molecule has 2 aromatic rings. The molecule has 0 bridgehead atoms. The Kier molecular flexibility index (Phi) is 6.06. The van der Waals surface area contributed by atoms with Gasteiger partial charge in [-0.15, -0.1) is 0 Å². The van der Waals surface area contributed by atoms with Gasteiger partial charge in [0, 0.05) is 48.9 Å². The molecule has 31 heavy (non-hydrogen) atoms. The quantitative estimate of drug-likeness (QED) is 0.724. The largest absolute Gasteiger partial charge is 0.354 e. The second kappa shape index (κ2) is 8.61. The Morgan fingerprint density at radius 3 is 2.84 bits per heavy atom. The molecule has 7 nitrogen and oxygen atoms in total. The number of nitrogens with one attached hydrogen (secondary N) is 2. The smallest absolute Gasteiger partial charge is 0.225 e. The molecule has 0 aromatic carbocycles. The molecule has 4 rings (SSSR count). The third-order valence-electron chi connectivity index (χ3n) is 6.25. The van der Waals surface area contributed by atoms with Crippen molar-refractivity contribution in [1.29, 1.82) is 0 Å². The summed E-state index contributed by atoms with van der Waals surface area (Å²) in [5, 5.41) is 11.0. The fourth-order valence-electron chi connectivity index (χ4n) is 4.94. The van der Waals surface area contributed by atoms with Gasteiger partial charge in [0.1, 0.15) is 5.82 Å². The van der Waals surface area contributed by atoms with Gasteiger partial charge in [-0.3, -0.25) is 14.3 Å². The maximum absolute atomic E-state index is 12.7. The highest BCUT2D eigenvalue weighted by molar-refractivity contribution is 6.33. The first kappa shape index (κ1) is 21.8. The third kappa shape index (κ3) is 5.09. The first-order valence-electron chi connectivity index (χ1n) is 11.0. The summed E-state index contributed by atoms with van der Waals surface area (Å²) in [6, 6.07) is 2.00. The predicted molar refractivity (Wildman–Crippen MR) is 121 cm³/mol. The summed E-state index contributed by atoms with van der Waals surface area (Å²) in [7, 11) is 0. The molecule has 2 aliphatic rings. The van der Waals surface area contributed by atoms with Gasteiger partial charge >= 0.3 is 0 Å². The van der Waals surface area contributed by atoms with Gasteiger partial charge in [-0.2, -0.15) is 5.10 Å². The van der Waals surface area contributed by atoms with E-state index in [4.69, 9.17) is 11.6 Å². The topological polar surface area (TPSA) is 88.9 Å². The molecule has 3 heterocycles. The van der Waals surface area contributed by atoms with Crippen LogP contribution in [0.3, 0.4) is 0 Å². The molecule has 2 aromatic heterocycles. The Bertz CT molecular complexity index is 1000. The zero-order chi connectivity index (χ0) is 22.2. The monoisotopic (exact) mass is 443 g/mol. The number of halogens is 1. The Morgan fingerprint density at radius 2 is 2.06 bits per heavy atom. The van der Waals surface area contributed by atoms with E-state index in [0.717, 1.165) is 49.8 Å². The van der Waals surface area contributed by atoms with Crippen molar-refractivity contribution in [2.45, 2.75) is 71.9 Å². The number of carbonyl (C=O) groups excluding carboxylic acids is 2. The molecule has 2 amide bonds. The van der Waals surface area contributed by atoms with E-state index in [1.165, 1.54) is 12.6 Å². The lowest BCUT2D eigenvalue weighted by molar-refractivity contribution is -0.119. The molecule has 0 saturated heterocycles. The Morgan fingerprint density at radius 1 is 1.26 bits per heavy atom. The minimum atomic E-state index is -0.0596. The molecule has 2 N–H and O–H groups in total. The lowest BCUT2D eigenvalue weighted by Gasteiger charge is -2.29. The summed E-state index contributed by atoms with van der Waals surface area (Å²) in [6.07, 6.45) is 8.63. The highest BCUT2D eigenvalue weighted by atomic mass is 35.5. The fourth-order valence-corrected chi connectivity index (χ4v) is 5.14. The summed E-state index contributed by atoms with van der Waals surface area (Å²) < 4.78 is 2.04. The number of rotatable bonds is 5. The number of nitrogens with zero attached hydrogens (tertiary/aromatic N) is 3. The molecule has 166 valence electrons. The highest BCUT2D eigenvalue weighted by Gasteiger charge is 2.32. The van der Waals surface area contributed by atoms with E-state index in [1.54, 1.807) is 6.20 Å². The lowest BCUT2D eigenvalue weighted by Crippen LogP contribution is -2.37. The SMILES string of the molecule is CC(=O)N[C@@H]1CCC[C@H](CC(=O)Nc2cc(-c3cnn4c3CC(C)(C)C4)c(Cl)cn2)C1. The zero-order valence-electron chi connectivity index (χ0n) is 18.4. The summed E-state index contributed by atoms with van der Waals surface area (Å²) in [5.41, 5.74) is 3.18. The van der Waals surface area contributed by atoms with Crippen LogP contribution < -0.4 is 10.6 Å². The molecular formula is C23H30ClN5O2. The van der Waals surface area contributed by atoms with Crippen LogP contribution in [0.1, 0.15) is 58.6 Å². The number of anilines is 1. The van der Waals surface area contributed by atoms with Crippen molar-refractivity contribution in [3.05, 3.63) is 29.2 Å². The molecule has 0 spiro atoms. The molecule has 1 fully saturated rings. The van der Waals surface area contributed by atoms with Crippen molar-refractivity contribution in [2.24, 2.45) is 11.3 Å². The van der Waals surface area contributed by atoms with E-state index in [-0.39, 0.29) is 29.2 Å². The van der Waals surface area contributed by atoms with Crippen molar-refractivity contribution >= 4 is 29.2 Å². The van der Waals surface area contributed by atoms with E-state index >= 15 is 0 Å². The Labute approximate surface area is 188 Å². The van der Waals surface area contributed by atoms with Crippen LogP contribution >= 0.6 is 11.6 Å². The average Bonchev–Trinajstić information content (AvgIpc) is 3.18. The number of hydrogen-bond donors (Lipinski definition) is 2. The number of aromatic nitrogens is 3. The van der Waals surface area contributed by atoms with E-state index in [9.17, 15) is 9.59 Å². The second-order valence-corrected chi connectivity index (χ2v) is 10.1. The summed E-state index contributed by atoms with van der Waals surface area (Å²) >= 11 is 6.46. The van der Waals surface area contributed by atoms with Gasteiger partial charge in [-0.05, 0) is 43.1 Å². The van der Waals surface area contributed by atoms with Gasteiger partial charge in [-0.25, -0.2) is 4.98 Å². The van der Waals surface area contributed by atoms with Gasteiger partial charge in [0.2, 0.25) is 11.8 Å². The summed E-state index contributed by atoms with van der Waals surface area (Å²) in [6.45, 7) is 6.88. The number of pyridine rings is 1. The number of fused-ring (bicyclic) bond motifs is 1. The number of hydrogen-bond acceptors (Lipinski definition) is 4. The zero-order valence-corrected chi connectivity index (χ0v) is 19.1. The third-order valence-corrected chi connectivity index (χ3v) is 6.55. The standard InChI is InChI=1S/C23H30ClN5O2/c1-14(30)27-16-6-4-5-15(7-16)8-22(31)28-21-9-17(19(24)12-25-21)18-11-26-29-13-23(2,3)10-20(18)29/h9,11-12,15-16H,4-8,10,13H2,1-3H3,(H,27,30)(H,25,28,31)/t15-,16+/m0/s1. The van der Waals surface area contributed by atoms with E-state index in [1.807, 2.05) is 16.9 Å². The van der Waals surface area contributed by atoms with Crippen molar-refractivity contribution in [3.8, 4) is 11.1 Å². The molecular weight excluding hydrogens is 414 g/mol. The average molecular weight is 444 g/mol. The second-order valence-electron chi connectivity index (χ2n) is 9.74. The molecule has 0 unspecified atom stereocenters. The van der Waals surface area contributed by atoms with Crippen LogP contribution in [0.15, 0.2) is 18.5 Å². The van der Waals surface area contributed by atoms with Crippen LogP contribution in [0.2, 0.25) is 5.02 Å². The highest BCUT2D eigenvalue weighted by Crippen LogP contribution is 2.39. The molecule has 1 saturated carbocycles. The van der Waals surface area contributed by atoms with Crippen molar-refractivity contribution < 1.29 is 9.59 Å². The minimum Gasteiger partial charge on any atom is -0.354 e. The molecule has 0 radical (unpaired) electrons. The van der Waals surface area contributed by atoms with Crippen molar-refractivity contribution in [3.63, 3.8) is 0 Å². The van der Waals surface area contributed by atoms with E-state index in [0.29, 0.717) is 17.3 Å². The maximum Gasteiger partial charge on any atom is 0.225 e. The Balaban J connectivity index is 1.44. The lowest BCUT2D eigenvalue weighted by atomic mass is 9.83. The Hall–Kier alpha value is -2.41. The summed E-state index contributed by atoms with van der Waals surface area (Å²) in [5.74, 6) is 0.688. The molecule has 8 heteroatoms. The van der Waals surface area contributed by atoms with Crippen LogP contribution in [0.4, 0.5) is 5.82 Å². The minimum absolute atomic E-state index is 0.0111. The van der Waals surface area contributed by atoms with Gasteiger partial charge in [0.05, 0.1) is 11.2 Å². The van der Waals surface area contributed by atoms with Crippen LogP contribution in [-0.2, 0) is 22.6 Å². The first-order chi connectivity index (χ1) is 14.7. The first-order valence-corrected chi connectivity index (χ1v) is 11.4. The van der Waals surface area contributed by atoms with Gasteiger partial charge < -0.3 is 10.6 Å². The van der Waals surface area contributed by atoms with Crippen LogP contribution in [0.25, 0.3) is 11.1 Å². The van der Waals surface area contributed by atoms with Gasteiger partial charge in [0.25, 0.3) is 0 Å². The van der Waals surface area contributed by atoms with Crippen LogP contribution in [0, 0.1) is 11.3 Å². The van der Waals surface area contributed by atoms with Gasteiger partial charge in [0.15, 0.2) is 0 Å². The maximum atomic E-state index is 12.7. The van der Waals surface area contributed by atoms with E-state index in [2.05, 4.69) is 34.6 Å². The van der Waals surface area contributed by atoms with Crippen molar-refractivity contribution in [2.75, 3.05) is 5.32 Å². The molecule has 1 aliphatic carbocycles. The predicted octanol–water partition coefficient (Wildman–Crippen LogP) is 4.20. The van der Waals surface area contributed by atoms with Crippen molar-refractivity contribution in [1.82, 2.24) is 20.1 Å². The normalized spacial score (nSPS) is 22.1. The number of amides is 2. The van der Waals surface area contributed by atoms with Crippen LogP contribution in [-0.4, -0.2) is 32.6 Å². The van der Waals surface area contributed by atoms with Gasteiger partial charge in [-0.1, -0.05) is 31.9 Å². The van der Waals surface area contributed by atoms with Crippen LogP contribution in [0.5, 0.6) is 0 Å². The molecule has 1 aliphatic heterocycles. The van der Waals surface area contributed by atoms with E-state index < -0.39 is 0 Å². The molecule has 2 atom stereocenters. The summed E-state index contributed by atoms with van der Waals surface area (Å²) in [4.78, 5) is 28.3. The fraction of sp³-hybridized carbons (Fsp3) is 0.565. The number of carbonyl (C=O) groups is 2.